The summed E-state index contributed by atoms with van der Waals surface area (Å²) in [5, 5.41) is 3.01. The number of anilines is 1. The Balaban J connectivity index is 0.00000156. The fourth-order valence-electron chi connectivity index (χ4n) is 3.82. The van der Waals surface area contributed by atoms with Crippen LogP contribution in [-0.4, -0.2) is 36.5 Å². The van der Waals surface area contributed by atoms with Crippen LogP contribution in [0.4, 0.5) is 5.69 Å². The second-order valence-electron chi connectivity index (χ2n) is 7.10. The molecule has 6 heteroatoms. The summed E-state index contributed by atoms with van der Waals surface area (Å²) in [5.41, 5.74) is 8.28. The smallest absolute Gasteiger partial charge is 0.224 e. The van der Waals surface area contributed by atoms with Gasteiger partial charge >= 0.3 is 0 Å². The number of nitrogens with one attached hydrogen (secondary N) is 1. The van der Waals surface area contributed by atoms with Gasteiger partial charge in [0.15, 0.2) is 0 Å². The van der Waals surface area contributed by atoms with Crippen LogP contribution in [-0.2, 0) is 11.2 Å². The summed E-state index contributed by atoms with van der Waals surface area (Å²) in [7, 11) is 0. The Hall–Kier alpha value is -0.810. The van der Waals surface area contributed by atoms with Crippen molar-refractivity contribution in [1.82, 2.24) is 4.90 Å². The van der Waals surface area contributed by atoms with E-state index in [1.807, 2.05) is 12.1 Å². The van der Waals surface area contributed by atoms with E-state index in [1.54, 1.807) is 0 Å². The van der Waals surface area contributed by atoms with E-state index < -0.39 is 0 Å². The van der Waals surface area contributed by atoms with Gasteiger partial charge in [0, 0.05) is 24.7 Å². The van der Waals surface area contributed by atoms with E-state index >= 15 is 0 Å². The molecule has 25 heavy (non-hydrogen) atoms. The van der Waals surface area contributed by atoms with Crippen molar-refractivity contribution < 1.29 is 4.79 Å². The number of carbonyl (C=O) groups excluding carboxylic acids is 1. The lowest BCUT2D eigenvalue weighted by Crippen LogP contribution is -2.28. The van der Waals surface area contributed by atoms with Crippen molar-refractivity contribution in [3.63, 3.8) is 0 Å². The molecule has 1 amide bonds. The second kappa shape index (κ2) is 11.0. The van der Waals surface area contributed by atoms with E-state index in [4.69, 9.17) is 5.73 Å². The van der Waals surface area contributed by atoms with Crippen molar-refractivity contribution in [3.8, 4) is 0 Å². The first kappa shape index (κ1) is 22.2. The number of amides is 1. The van der Waals surface area contributed by atoms with Crippen molar-refractivity contribution in [1.29, 1.82) is 0 Å². The molecule has 142 valence electrons. The van der Waals surface area contributed by atoms with Crippen molar-refractivity contribution in [2.24, 2.45) is 11.7 Å². The van der Waals surface area contributed by atoms with E-state index in [1.165, 1.54) is 31.5 Å². The maximum atomic E-state index is 12.1. The third-order valence-electron chi connectivity index (χ3n) is 5.32. The van der Waals surface area contributed by atoms with E-state index in [9.17, 15) is 4.79 Å². The number of hydrogen-bond donors (Lipinski definition) is 2. The zero-order valence-corrected chi connectivity index (χ0v) is 16.4. The quantitative estimate of drug-likeness (QED) is 0.783. The molecule has 1 aliphatic heterocycles. The van der Waals surface area contributed by atoms with Gasteiger partial charge in [0.05, 0.1) is 0 Å². The van der Waals surface area contributed by atoms with Gasteiger partial charge in [0.2, 0.25) is 5.91 Å². The van der Waals surface area contributed by atoms with Gasteiger partial charge in [0.1, 0.15) is 0 Å². The van der Waals surface area contributed by atoms with Crippen molar-refractivity contribution >= 4 is 36.4 Å². The minimum absolute atomic E-state index is 0. The Kier molecular flexibility index (Phi) is 9.80. The third kappa shape index (κ3) is 6.78. The van der Waals surface area contributed by atoms with E-state index in [-0.39, 0.29) is 36.8 Å². The Morgan fingerprint density at radius 3 is 2.36 bits per heavy atom. The highest BCUT2D eigenvalue weighted by molar-refractivity contribution is 5.90. The SMILES string of the molecule is Cl.Cl.N[C@@H]1CCC[C@H]1CC(=O)Nc1ccc(CCN2CCCC2)cc1. The molecule has 2 fully saturated rings. The number of hydrogen-bond acceptors (Lipinski definition) is 3. The zero-order valence-electron chi connectivity index (χ0n) is 14.8. The summed E-state index contributed by atoms with van der Waals surface area (Å²) in [4.78, 5) is 14.7. The number of carbonyl (C=O) groups is 1. The monoisotopic (exact) mass is 387 g/mol. The average Bonchev–Trinajstić information content (AvgIpc) is 3.19. The molecule has 0 aromatic heterocycles. The van der Waals surface area contributed by atoms with E-state index in [0.717, 1.165) is 37.9 Å². The molecule has 2 aliphatic rings. The summed E-state index contributed by atoms with van der Waals surface area (Å²) in [6.07, 6.45) is 7.63. The van der Waals surface area contributed by atoms with Crippen LogP contribution in [0, 0.1) is 5.92 Å². The summed E-state index contributed by atoms with van der Waals surface area (Å²) in [5.74, 6) is 0.451. The van der Waals surface area contributed by atoms with Crippen LogP contribution < -0.4 is 11.1 Å². The standard InChI is InChI=1S/C19H29N3O.2ClH/c20-18-5-3-4-16(18)14-19(23)21-17-8-6-15(7-9-17)10-13-22-11-1-2-12-22;;/h6-9,16,18H,1-5,10-14,20H2,(H,21,23);2*1H/t16-,18+;;/m0../s1. The molecule has 0 spiro atoms. The van der Waals surface area contributed by atoms with Crippen molar-refractivity contribution in [3.05, 3.63) is 29.8 Å². The highest BCUT2D eigenvalue weighted by atomic mass is 35.5. The van der Waals surface area contributed by atoms with Gasteiger partial charge in [-0.15, -0.1) is 24.8 Å². The molecule has 2 atom stereocenters. The number of halogens is 2. The summed E-state index contributed by atoms with van der Waals surface area (Å²) in [6, 6.07) is 8.51. The molecule has 4 nitrogen and oxygen atoms in total. The lowest BCUT2D eigenvalue weighted by molar-refractivity contribution is -0.117. The topological polar surface area (TPSA) is 58.4 Å². The lowest BCUT2D eigenvalue weighted by Gasteiger charge is -2.15. The number of likely N-dealkylation sites (tertiary alicyclic amines) is 1. The van der Waals surface area contributed by atoms with Gasteiger partial charge in [-0.25, -0.2) is 0 Å². The predicted octanol–water partition coefficient (Wildman–Crippen LogP) is 3.62. The molecular weight excluding hydrogens is 357 g/mol. The Bertz CT molecular complexity index is 518. The van der Waals surface area contributed by atoms with Crippen LogP contribution in [0.25, 0.3) is 0 Å². The van der Waals surface area contributed by atoms with Gasteiger partial charge in [-0.1, -0.05) is 18.6 Å². The second-order valence-corrected chi connectivity index (χ2v) is 7.10. The van der Waals surface area contributed by atoms with Gasteiger partial charge < -0.3 is 16.0 Å². The molecule has 1 aromatic rings. The van der Waals surface area contributed by atoms with Crippen LogP contribution in [0.1, 0.15) is 44.1 Å². The number of rotatable bonds is 6. The Morgan fingerprint density at radius 2 is 1.76 bits per heavy atom. The first-order chi connectivity index (χ1) is 11.2. The molecule has 1 saturated heterocycles. The molecule has 3 rings (SSSR count). The Morgan fingerprint density at radius 1 is 1.08 bits per heavy atom. The summed E-state index contributed by atoms with van der Waals surface area (Å²) in [6.45, 7) is 3.64. The average molecular weight is 388 g/mol. The molecule has 1 aromatic carbocycles. The van der Waals surface area contributed by atoms with Gasteiger partial charge in [-0.3, -0.25) is 4.79 Å². The van der Waals surface area contributed by atoms with Gasteiger partial charge in [-0.05, 0) is 68.8 Å². The van der Waals surface area contributed by atoms with Crippen LogP contribution in [0.5, 0.6) is 0 Å². The van der Waals surface area contributed by atoms with Gasteiger partial charge in [-0.2, -0.15) is 0 Å². The molecule has 3 N–H and O–H groups in total. The van der Waals surface area contributed by atoms with E-state index in [0.29, 0.717) is 12.3 Å². The first-order valence-electron chi connectivity index (χ1n) is 9.07. The molecular formula is C19H31Cl2N3O. The molecule has 1 saturated carbocycles. The van der Waals surface area contributed by atoms with Crippen molar-refractivity contribution in [2.75, 3.05) is 25.0 Å². The zero-order chi connectivity index (χ0) is 16.1. The van der Waals surface area contributed by atoms with Crippen LogP contribution in [0.2, 0.25) is 0 Å². The van der Waals surface area contributed by atoms with Crippen LogP contribution >= 0.6 is 24.8 Å². The van der Waals surface area contributed by atoms with Crippen molar-refractivity contribution in [2.45, 2.75) is 51.0 Å². The minimum atomic E-state index is 0. The highest BCUT2D eigenvalue weighted by Gasteiger charge is 2.25. The molecule has 0 unspecified atom stereocenters. The maximum Gasteiger partial charge on any atom is 0.224 e. The number of nitrogens with zero attached hydrogens (tertiary/aromatic N) is 1. The fraction of sp³-hybridized carbons (Fsp3) is 0.632. The molecule has 0 bridgehead atoms. The number of nitrogens with two attached hydrogens (primary N) is 1. The predicted molar refractivity (Wildman–Crippen MR) is 109 cm³/mol. The number of benzene rings is 1. The largest absolute Gasteiger partial charge is 0.327 e. The molecule has 0 radical (unpaired) electrons. The van der Waals surface area contributed by atoms with Crippen LogP contribution in [0.15, 0.2) is 24.3 Å². The molecule has 1 heterocycles. The van der Waals surface area contributed by atoms with E-state index in [2.05, 4.69) is 22.3 Å². The minimum Gasteiger partial charge on any atom is -0.327 e. The Labute approximate surface area is 163 Å². The fourth-order valence-corrected chi connectivity index (χ4v) is 3.82. The van der Waals surface area contributed by atoms with Gasteiger partial charge in [0.25, 0.3) is 0 Å². The lowest BCUT2D eigenvalue weighted by atomic mass is 10.00. The summed E-state index contributed by atoms with van der Waals surface area (Å²) < 4.78 is 0. The molecule has 1 aliphatic carbocycles. The maximum absolute atomic E-state index is 12.1. The normalized spacial score (nSPS) is 22.9. The first-order valence-corrected chi connectivity index (χ1v) is 9.07. The van der Waals surface area contributed by atoms with Crippen LogP contribution in [0.3, 0.4) is 0 Å². The highest BCUT2D eigenvalue weighted by Crippen LogP contribution is 2.27. The third-order valence-corrected chi connectivity index (χ3v) is 5.32. The summed E-state index contributed by atoms with van der Waals surface area (Å²) >= 11 is 0.